The number of carbonyl (C=O) groups excluding carboxylic acids is 3. The van der Waals surface area contributed by atoms with Gasteiger partial charge in [-0.1, -0.05) is 30.3 Å². The van der Waals surface area contributed by atoms with Crippen molar-refractivity contribution >= 4 is 17.7 Å². The molecule has 3 amide bonds. The van der Waals surface area contributed by atoms with Gasteiger partial charge >= 0.3 is 0 Å². The van der Waals surface area contributed by atoms with Crippen LogP contribution in [0.5, 0.6) is 0 Å². The van der Waals surface area contributed by atoms with Crippen molar-refractivity contribution < 1.29 is 19.5 Å². The summed E-state index contributed by atoms with van der Waals surface area (Å²) in [7, 11) is 0. The molecule has 1 atom stereocenters. The molecule has 1 aliphatic rings. The molecular formula is C13H14N2O4. The highest BCUT2D eigenvalue weighted by molar-refractivity contribution is 6.01. The van der Waals surface area contributed by atoms with Gasteiger partial charge in [0.25, 0.3) is 5.91 Å². The summed E-state index contributed by atoms with van der Waals surface area (Å²) in [5.74, 6) is -1.75. The number of piperidine rings is 1. The van der Waals surface area contributed by atoms with Crippen LogP contribution in [0.2, 0.25) is 0 Å². The number of benzene rings is 1. The van der Waals surface area contributed by atoms with Crippen LogP contribution in [0.25, 0.3) is 0 Å². The lowest BCUT2D eigenvalue weighted by Gasteiger charge is -2.27. The summed E-state index contributed by atoms with van der Waals surface area (Å²) < 4.78 is 0. The number of rotatable bonds is 3. The Bertz CT molecular complexity index is 501. The highest BCUT2D eigenvalue weighted by Gasteiger charge is 2.34. The molecule has 1 fully saturated rings. The van der Waals surface area contributed by atoms with Gasteiger partial charge in [0.15, 0.2) is 0 Å². The molecule has 1 aromatic carbocycles. The third-order valence-electron chi connectivity index (χ3n) is 2.83. The Labute approximate surface area is 110 Å². The Hall–Kier alpha value is -2.21. The van der Waals surface area contributed by atoms with Gasteiger partial charge in [-0.25, -0.2) is 0 Å². The molecule has 0 saturated carbocycles. The molecule has 1 aliphatic heterocycles. The van der Waals surface area contributed by atoms with E-state index >= 15 is 0 Å². The van der Waals surface area contributed by atoms with Crippen molar-refractivity contribution in [2.24, 2.45) is 0 Å². The highest BCUT2D eigenvalue weighted by Crippen LogP contribution is 2.11. The molecule has 6 heteroatoms. The number of hydrogen-bond donors (Lipinski definition) is 2. The maximum Gasteiger partial charge on any atom is 0.277 e. The molecule has 100 valence electrons. The molecule has 0 spiro atoms. The maximum absolute atomic E-state index is 11.7. The fourth-order valence-electron chi connectivity index (χ4n) is 1.83. The van der Waals surface area contributed by atoms with Gasteiger partial charge in [-0.2, -0.15) is 5.01 Å². The number of imide groups is 1. The quantitative estimate of drug-likeness (QED) is 0.737. The van der Waals surface area contributed by atoms with Crippen LogP contribution in [0.4, 0.5) is 0 Å². The monoisotopic (exact) mass is 262 g/mol. The van der Waals surface area contributed by atoms with Crippen molar-refractivity contribution in [3.8, 4) is 0 Å². The van der Waals surface area contributed by atoms with E-state index in [0.29, 0.717) is 5.01 Å². The third kappa shape index (κ3) is 3.17. The first kappa shape index (κ1) is 13.2. The topological polar surface area (TPSA) is 86.7 Å². The summed E-state index contributed by atoms with van der Waals surface area (Å²) in [6.45, 7) is 0. The predicted molar refractivity (Wildman–Crippen MR) is 65.4 cm³/mol. The highest BCUT2D eigenvalue weighted by atomic mass is 16.3. The lowest BCUT2D eigenvalue weighted by atomic mass is 10.1. The van der Waals surface area contributed by atoms with Crippen LogP contribution in [0.3, 0.4) is 0 Å². The number of amides is 3. The second kappa shape index (κ2) is 5.62. The molecule has 19 heavy (non-hydrogen) atoms. The van der Waals surface area contributed by atoms with Gasteiger partial charge in [0.05, 0.1) is 6.42 Å². The fraction of sp³-hybridized carbons (Fsp3) is 0.308. The second-order valence-electron chi connectivity index (χ2n) is 4.32. The number of hydrogen-bond acceptors (Lipinski definition) is 4. The number of carbonyl (C=O) groups is 3. The van der Waals surface area contributed by atoms with Gasteiger partial charge in [0.2, 0.25) is 11.8 Å². The zero-order valence-electron chi connectivity index (χ0n) is 10.2. The summed E-state index contributed by atoms with van der Waals surface area (Å²) in [4.78, 5) is 34.8. The first-order valence-corrected chi connectivity index (χ1v) is 5.96. The normalized spacial score (nSPS) is 19.4. The van der Waals surface area contributed by atoms with Gasteiger partial charge in [0, 0.05) is 6.42 Å². The van der Waals surface area contributed by atoms with Crippen LogP contribution >= 0.6 is 0 Å². The first-order valence-electron chi connectivity index (χ1n) is 5.96. The van der Waals surface area contributed by atoms with Gasteiger partial charge in [-0.3, -0.25) is 19.8 Å². The summed E-state index contributed by atoms with van der Waals surface area (Å²) >= 11 is 0. The molecule has 0 bridgehead atoms. The van der Waals surface area contributed by atoms with Crippen LogP contribution in [0, 0.1) is 0 Å². The maximum atomic E-state index is 11.7. The molecule has 2 N–H and O–H groups in total. The number of hydrazine groups is 1. The van der Waals surface area contributed by atoms with Crippen molar-refractivity contribution in [3.05, 3.63) is 35.9 Å². The van der Waals surface area contributed by atoms with E-state index in [1.807, 2.05) is 6.07 Å². The Morgan fingerprint density at radius 1 is 1.32 bits per heavy atom. The minimum absolute atomic E-state index is 0.0402. The van der Waals surface area contributed by atoms with E-state index in [9.17, 15) is 19.5 Å². The zero-order valence-corrected chi connectivity index (χ0v) is 10.2. The number of aliphatic hydroxyl groups excluding tert-OH is 1. The number of aliphatic hydroxyl groups is 1. The average Bonchev–Trinajstić information content (AvgIpc) is 2.40. The largest absolute Gasteiger partial charge is 0.383 e. The van der Waals surface area contributed by atoms with Crippen molar-refractivity contribution in [1.82, 2.24) is 10.4 Å². The number of nitrogens with one attached hydrogen (secondary N) is 1. The molecular weight excluding hydrogens is 248 g/mol. The SMILES string of the molecule is O=C(Cc1ccccc1)NN1C(=O)CCC(O)C1=O. The molecule has 1 aromatic rings. The molecule has 0 aromatic heterocycles. The first-order chi connectivity index (χ1) is 9.08. The molecule has 0 aliphatic carbocycles. The van der Waals surface area contributed by atoms with E-state index < -0.39 is 23.8 Å². The van der Waals surface area contributed by atoms with Crippen LogP contribution in [0.1, 0.15) is 18.4 Å². The third-order valence-corrected chi connectivity index (χ3v) is 2.83. The minimum Gasteiger partial charge on any atom is -0.383 e. The standard InChI is InChI=1S/C13H14N2O4/c16-10-6-7-12(18)15(13(10)19)14-11(17)8-9-4-2-1-3-5-9/h1-5,10,16H,6-8H2,(H,14,17). The van der Waals surface area contributed by atoms with Crippen LogP contribution in [0.15, 0.2) is 30.3 Å². The lowest BCUT2D eigenvalue weighted by Crippen LogP contribution is -2.56. The summed E-state index contributed by atoms with van der Waals surface area (Å²) in [6, 6.07) is 8.96. The Balaban J connectivity index is 1.98. The van der Waals surface area contributed by atoms with E-state index in [4.69, 9.17) is 0 Å². The molecule has 1 saturated heterocycles. The van der Waals surface area contributed by atoms with E-state index in [1.54, 1.807) is 24.3 Å². The summed E-state index contributed by atoms with van der Waals surface area (Å²) in [5.41, 5.74) is 3.01. The molecule has 2 rings (SSSR count). The zero-order chi connectivity index (χ0) is 13.8. The lowest BCUT2D eigenvalue weighted by molar-refractivity contribution is -0.162. The number of nitrogens with zero attached hydrogens (tertiary/aromatic N) is 1. The van der Waals surface area contributed by atoms with Crippen LogP contribution in [-0.4, -0.2) is 33.9 Å². The summed E-state index contributed by atoms with van der Waals surface area (Å²) in [6.07, 6.45) is -1.02. The van der Waals surface area contributed by atoms with Crippen molar-refractivity contribution in [1.29, 1.82) is 0 Å². The van der Waals surface area contributed by atoms with Crippen molar-refractivity contribution in [2.45, 2.75) is 25.4 Å². The Kier molecular flexibility index (Phi) is 3.91. The van der Waals surface area contributed by atoms with E-state index in [1.165, 1.54) is 0 Å². The van der Waals surface area contributed by atoms with Gasteiger partial charge in [0.1, 0.15) is 6.10 Å². The molecule has 1 unspecified atom stereocenters. The minimum atomic E-state index is -1.23. The fourth-order valence-corrected chi connectivity index (χ4v) is 1.83. The van der Waals surface area contributed by atoms with Crippen LogP contribution in [-0.2, 0) is 20.8 Å². The Morgan fingerprint density at radius 2 is 2.00 bits per heavy atom. The van der Waals surface area contributed by atoms with E-state index in [-0.39, 0.29) is 19.3 Å². The van der Waals surface area contributed by atoms with Gasteiger partial charge in [-0.15, -0.1) is 0 Å². The van der Waals surface area contributed by atoms with E-state index in [2.05, 4.69) is 5.43 Å². The van der Waals surface area contributed by atoms with Crippen molar-refractivity contribution in [3.63, 3.8) is 0 Å². The Morgan fingerprint density at radius 3 is 2.68 bits per heavy atom. The van der Waals surface area contributed by atoms with Gasteiger partial charge < -0.3 is 5.11 Å². The van der Waals surface area contributed by atoms with Crippen LogP contribution < -0.4 is 5.43 Å². The van der Waals surface area contributed by atoms with E-state index in [0.717, 1.165) is 5.56 Å². The average molecular weight is 262 g/mol. The second-order valence-corrected chi connectivity index (χ2v) is 4.32. The smallest absolute Gasteiger partial charge is 0.277 e. The molecule has 1 heterocycles. The van der Waals surface area contributed by atoms with Gasteiger partial charge in [-0.05, 0) is 12.0 Å². The summed E-state index contributed by atoms with van der Waals surface area (Å²) in [5, 5.41) is 9.98. The predicted octanol–water partition coefficient (Wildman–Crippen LogP) is -0.230. The molecule has 6 nitrogen and oxygen atoms in total. The van der Waals surface area contributed by atoms with Crippen molar-refractivity contribution in [2.75, 3.05) is 0 Å². The molecule has 0 radical (unpaired) electrons.